The number of para-hydroxylation sites is 1. The molecule has 2 aliphatic heterocycles. The van der Waals surface area contributed by atoms with Gasteiger partial charge in [0.05, 0.1) is 16.2 Å². The van der Waals surface area contributed by atoms with Gasteiger partial charge in [-0.2, -0.15) is 0 Å². The van der Waals surface area contributed by atoms with Crippen LogP contribution in [0, 0.1) is 12.8 Å². The van der Waals surface area contributed by atoms with Crippen LogP contribution >= 0.6 is 11.6 Å². The summed E-state index contributed by atoms with van der Waals surface area (Å²) >= 11 is 6.64. The third-order valence-corrected chi connectivity index (χ3v) is 6.34. The molecule has 140 valence electrons. The fourth-order valence-corrected chi connectivity index (χ4v) is 4.36. The third-order valence-electron chi connectivity index (χ3n) is 5.84. The minimum atomic E-state index is 0.814. The first-order valence-electron chi connectivity index (χ1n) is 9.77. The molecule has 4 rings (SSSR count). The van der Waals surface area contributed by atoms with E-state index in [1.165, 1.54) is 19.4 Å². The molecule has 5 heteroatoms. The van der Waals surface area contributed by atoms with E-state index < -0.39 is 0 Å². The molecule has 2 fully saturated rings. The first-order chi connectivity index (χ1) is 12.7. The van der Waals surface area contributed by atoms with Gasteiger partial charge in [-0.1, -0.05) is 29.8 Å². The molecule has 1 aromatic carbocycles. The first kappa shape index (κ1) is 18.2. The summed E-state index contributed by atoms with van der Waals surface area (Å²) in [6.07, 6.45) is 2.44. The predicted octanol–water partition coefficient (Wildman–Crippen LogP) is 3.74. The second-order valence-corrected chi connectivity index (χ2v) is 8.03. The normalized spacial score (nSPS) is 20.7. The second kappa shape index (κ2) is 8.22. The van der Waals surface area contributed by atoms with E-state index in [1.54, 1.807) is 0 Å². The van der Waals surface area contributed by atoms with E-state index in [4.69, 9.17) is 21.3 Å². The highest BCUT2D eigenvalue weighted by Crippen LogP contribution is 2.28. The summed E-state index contributed by atoms with van der Waals surface area (Å²) in [5.41, 5.74) is 3.20. The van der Waals surface area contributed by atoms with Crippen LogP contribution in [-0.4, -0.2) is 60.7 Å². The zero-order valence-corrected chi connectivity index (χ0v) is 16.3. The van der Waals surface area contributed by atoms with Gasteiger partial charge in [0, 0.05) is 57.9 Å². The maximum absolute atomic E-state index is 6.64. The molecule has 0 saturated carbocycles. The van der Waals surface area contributed by atoms with Gasteiger partial charge >= 0.3 is 0 Å². The summed E-state index contributed by atoms with van der Waals surface area (Å²) < 4.78 is 5.48. The van der Waals surface area contributed by atoms with Crippen molar-refractivity contribution in [3.05, 3.63) is 40.5 Å². The van der Waals surface area contributed by atoms with Crippen LogP contribution in [0.5, 0.6) is 0 Å². The highest BCUT2D eigenvalue weighted by molar-refractivity contribution is 6.32. The number of fused-ring (bicyclic) bond motifs is 1. The van der Waals surface area contributed by atoms with Crippen molar-refractivity contribution in [1.82, 2.24) is 14.8 Å². The van der Waals surface area contributed by atoms with Gasteiger partial charge in [-0.05, 0) is 37.3 Å². The van der Waals surface area contributed by atoms with Crippen LogP contribution in [0.25, 0.3) is 10.9 Å². The summed E-state index contributed by atoms with van der Waals surface area (Å²) in [7, 11) is 0. The number of nitrogens with zero attached hydrogens (tertiary/aromatic N) is 3. The maximum atomic E-state index is 6.64. The number of hydrogen-bond donors (Lipinski definition) is 0. The molecule has 4 nitrogen and oxygen atoms in total. The van der Waals surface area contributed by atoms with E-state index in [0.29, 0.717) is 0 Å². The number of pyridine rings is 1. The summed E-state index contributed by atoms with van der Waals surface area (Å²) in [4.78, 5) is 9.95. The fraction of sp³-hybridized carbons (Fsp3) is 0.571. The molecule has 0 unspecified atom stereocenters. The Hall–Kier alpha value is -1.20. The average Bonchev–Trinajstić information content (AvgIpc) is 2.68. The van der Waals surface area contributed by atoms with Crippen molar-refractivity contribution in [3.63, 3.8) is 0 Å². The zero-order chi connectivity index (χ0) is 17.9. The van der Waals surface area contributed by atoms with Gasteiger partial charge in [-0.25, -0.2) is 4.98 Å². The standard InChI is InChI=1S/C21H28ClN3O/c1-16-18-4-2-3-5-19(18)23-20(21(16)22)15-25-10-8-24(9-11-25)14-17-6-12-26-13-7-17/h2-5,17H,6-15H2,1H3. The third kappa shape index (κ3) is 4.04. The number of piperazine rings is 1. The number of aryl methyl sites for hydroxylation is 1. The molecule has 0 bridgehead atoms. The quantitative estimate of drug-likeness (QED) is 0.816. The van der Waals surface area contributed by atoms with Gasteiger partial charge < -0.3 is 9.64 Å². The Kier molecular flexibility index (Phi) is 5.75. The van der Waals surface area contributed by atoms with Crippen LogP contribution in [0.15, 0.2) is 24.3 Å². The molecule has 0 aliphatic carbocycles. The first-order valence-corrected chi connectivity index (χ1v) is 10.1. The highest BCUT2D eigenvalue weighted by Gasteiger charge is 2.23. The van der Waals surface area contributed by atoms with Crippen molar-refractivity contribution < 1.29 is 4.74 Å². The number of hydrogen-bond acceptors (Lipinski definition) is 4. The topological polar surface area (TPSA) is 28.6 Å². The van der Waals surface area contributed by atoms with Crippen molar-refractivity contribution >= 4 is 22.5 Å². The molecule has 1 aromatic heterocycles. The van der Waals surface area contributed by atoms with Crippen molar-refractivity contribution in [2.75, 3.05) is 45.9 Å². The van der Waals surface area contributed by atoms with Crippen LogP contribution in [0.2, 0.25) is 5.02 Å². The predicted molar refractivity (Wildman–Crippen MR) is 107 cm³/mol. The van der Waals surface area contributed by atoms with Crippen molar-refractivity contribution in [3.8, 4) is 0 Å². The lowest BCUT2D eigenvalue weighted by Gasteiger charge is -2.37. The molecule has 26 heavy (non-hydrogen) atoms. The molecular formula is C21H28ClN3O. The number of benzene rings is 1. The van der Waals surface area contributed by atoms with E-state index in [0.717, 1.165) is 79.0 Å². The monoisotopic (exact) mass is 373 g/mol. The lowest BCUT2D eigenvalue weighted by atomic mass is 9.99. The van der Waals surface area contributed by atoms with Crippen LogP contribution < -0.4 is 0 Å². The maximum Gasteiger partial charge on any atom is 0.0740 e. The summed E-state index contributed by atoms with van der Waals surface area (Å²) in [5, 5.41) is 1.98. The summed E-state index contributed by atoms with van der Waals surface area (Å²) in [6, 6.07) is 8.27. The van der Waals surface area contributed by atoms with E-state index in [2.05, 4.69) is 28.9 Å². The Morgan fingerprint density at radius 1 is 1.08 bits per heavy atom. The number of rotatable bonds is 4. The lowest BCUT2D eigenvalue weighted by molar-refractivity contribution is 0.0414. The summed E-state index contributed by atoms with van der Waals surface area (Å²) in [6.45, 7) is 10.5. The largest absolute Gasteiger partial charge is 0.381 e. The van der Waals surface area contributed by atoms with Crippen LogP contribution in [0.1, 0.15) is 24.1 Å². The number of aromatic nitrogens is 1. The van der Waals surface area contributed by atoms with Gasteiger partial charge in [0.1, 0.15) is 0 Å². The van der Waals surface area contributed by atoms with Crippen molar-refractivity contribution in [2.24, 2.45) is 5.92 Å². The van der Waals surface area contributed by atoms with Gasteiger partial charge in [-0.3, -0.25) is 4.90 Å². The minimum Gasteiger partial charge on any atom is -0.381 e. The van der Waals surface area contributed by atoms with Gasteiger partial charge in [-0.15, -0.1) is 0 Å². The van der Waals surface area contributed by atoms with E-state index >= 15 is 0 Å². The average molecular weight is 374 g/mol. The Labute approximate surface area is 161 Å². The fourth-order valence-electron chi connectivity index (χ4n) is 4.16. The second-order valence-electron chi connectivity index (χ2n) is 7.65. The van der Waals surface area contributed by atoms with Gasteiger partial charge in [0.2, 0.25) is 0 Å². The Morgan fingerprint density at radius 3 is 2.54 bits per heavy atom. The molecular weight excluding hydrogens is 346 g/mol. The van der Waals surface area contributed by atoms with E-state index in [1.807, 2.05) is 12.1 Å². The Bertz CT molecular complexity index is 752. The molecule has 0 atom stereocenters. The molecule has 2 aromatic rings. The molecule has 0 spiro atoms. The van der Waals surface area contributed by atoms with Crippen molar-refractivity contribution in [1.29, 1.82) is 0 Å². The molecule has 0 N–H and O–H groups in total. The van der Waals surface area contributed by atoms with E-state index in [-0.39, 0.29) is 0 Å². The van der Waals surface area contributed by atoms with Crippen molar-refractivity contribution in [2.45, 2.75) is 26.3 Å². The van der Waals surface area contributed by atoms with Crippen LogP contribution in [0.3, 0.4) is 0 Å². The zero-order valence-electron chi connectivity index (χ0n) is 15.6. The number of halogens is 1. The number of ether oxygens (including phenoxy) is 1. The molecule has 0 amide bonds. The van der Waals surface area contributed by atoms with Gasteiger partial charge in [0.25, 0.3) is 0 Å². The molecule has 0 radical (unpaired) electrons. The highest BCUT2D eigenvalue weighted by atomic mass is 35.5. The Morgan fingerprint density at radius 2 is 1.77 bits per heavy atom. The molecule has 2 aliphatic rings. The molecule has 3 heterocycles. The van der Waals surface area contributed by atoms with Crippen LogP contribution in [0.4, 0.5) is 0 Å². The van der Waals surface area contributed by atoms with Crippen LogP contribution in [-0.2, 0) is 11.3 Å². The molecule has 2 saturated heterocycles. The minimum absolute atomic E-state index is 0.814. The van der Waals surface area contributed by atoms with E-state index in [9.17, 15) is 0 Å². The summed E-state index contributed by atoms with van der Waals surface area (Å²) in [5.74, 6) is 0.814. The smallest absolute Gasteiger partial charge is 0.0740 e. The SMILES string of the molecule is Cc1c(Cl)c(CN2CCN(CC3CCOCC3)CC2)nc2ccccc12. The van der Waals surface area contributed by atoms with Gasteiger partial charge in [0.15, 0.2) is 0 Å². The lowest BCUT2D eigenvalue weighted by Crippen LogP contribution is -2.47. The Balaban J connectivity index is 1.37.